The van der Waals surface area contributed by atoms with E-state index in [1.54, 1.807) is 34.9 Å². The summed E-state index contributed by atoms with van der Waals surface area (Å²) in [4.78, 5) is 25.6. The summed E-state index contributed by atoms with van der Waals surface area (Å²) in [7, 11) is 0. The van der Waals surface area contributed by atoms with Gasteiger partial charge in [-0.05, 0) is 36.8 Å². The Kier molecular flexibility index (Phi) is 5.19. The molecule has 0 radical (unpaired) electrons. The number of hydrogen-bond acceptors (Lipinski definition) is 7. The van der Waals surface area contributed by atoms with Gasteiger partial charge in [-0.2, -0.15) is 5.10 Å². The summed E-state index contributed by atoms with van der Waals surface area (Å²) in [6, 6.07) is 5.93. The van der Waals surface area contributed by atoms with E-state index in [4.69, 9.17) is 0 Å². The Morgan fingerprint density at radius 1 is 1.30 bits per heavy atom. The smallest absolute Gasteiger partial charge is 0.346 e. The van der Waals surface area contributed by atoms with Gasteiger partial charge in [-0.25, -0.2) is 19.4 Å². The number of nitrogens with one attached hydrogen (secondary N) is 1. The summed E-state index contributed by atoms with van der Waals surface area (Å²) in [6.45, 7) is 1.09. The molecule has 0 saturated heterocycles. The second kappa shape index (κ2) is 7.91. The van der Waals surface area contributed by atoms with E-state index < -0.39 is 0 Å². The van der Waals surface area contributed by atoms with Crippen LogP contribution in [0.5, 0.6) is 0 Å². The van der Waals surface area contributed by atoms with Crippen LogP contribution in [-0.2, 0) is 19.5 Å². The van der Waals surface area contributed by atoms with Crippen LogP contribution in [0.25, 0.3) is 0 Å². The Balaban J connectivity index is 1.45. The minimum absolute atomic E-state index is 0.0601. The minimum atomic E-state index is -0.0601. The predicted molar refractivity (Wildman–Crippen MR) is 104 cm³/mol. The maximum Gasteiger partial charge on any atom is 0.346 e. The zero-order valence-electron chi connectivity index (χ0n) is 15.1. The van der Waals surface area contributed by atoms with Crippen LogP contribution in [0.15, 0.2) is 46.6 Å². The molecule has 3 aromatic heterocycles. The number of anilines is 1. The fraction of sp³-hybridized carbons (Fsp3) is 0.389. The van der Waals surface area contributed by atoms with Crippen molar-refractivity contribution in [2.24, 2.45) is 0 Å². The van der Waals surface area contributed by atoms with Crippen molar-refractivity contribution in [1.82, 2.24) is 29.3 Å². The summed E-state index contributed by atoms with van der Waals surface area (Å²) in [5.41, 5.74) is 0.911. The molecular weight excluding hydrogens is 362 g/mol. The van der Waals surface area contributed by atoms with Gasteiger partial charge in [0.2, 0.25) is 5.95 Å². The van der Waals surface area contributed by atoms with Gasteiger partial charge >= 0.3 is 5.69 Å². The molecule has 0 saturated carbocycles. The number of nitrogens with zero attached hydrogens (tertiary/aromatic N) is 6. The first-order valence-electron chi connectivity index (χ1n) is 8.92. The standard InChI is InChI=1S/C18H21N7OS/c1-27-16-6-9-20-17(22-16)21-14-4-5-15-23-25(18(26)24(15)10-7-14)12-13-3-2-8-19-11-13/h2-3,6,8-9,11,14H,4-5,7,10,12H2,1H3,(H,20,21,22). The zero-order valence-corrected chi connectivity index (χ0v) is 15.9. The molecule has 0 amide bonds. The van der Waals surface area contributed by atoms with Crippen LogP contribution < -0.4 is 11.0 Å². The highest BCUT2D eigenvalue weighted by atomic mass is 32.2. The van der Waals surface area contributed by atoms with Gasteiger partial charge in [0.05, 0.1) is 6.54 Å². The summed E-state index contributed by atoms with van der Waals surface area (Å²) in [5, 5.41) is 8.89. The number of aromatic nitrogens is 6. The van der Waals surface area contributed by atoms with Gasteiger partial charge in [-0.1, -0.05) is 6.07 Å². The average Bonchev–Trinajstić information content (AvgIpc) is 2.86. The third kappa shape index (κ3) is 4.02. The highest BCUT2D eigenvalue weighted by Crippen LogP contribution is 2.17. The number of fused-ring (bicyclic) bond motifs is 1. The average molecular weight is 383 g/mol. The first-order valence-corrected chi connectivity index (χ1v) is 10.1. The first-order chi connectivity index (χ1) is 13.2. The largest absolute Gasteiger partial charge is 0.351 e. The molecule has 1 aliphatic rings. The van der Waals surface area contributed by atoms with Crippen LogP contribution in [0, 0.1) is 0 Å². The van der Waals surface area contributed by atoms with Gasteiger partial charge in [0, 0.05) is 37.6 Å². The van der Waals surface area contributed by atoms with Crippen LogP contribution in [0.3, 0.4) is 0 Å². The molecule has 8 nitrogen and oxygen atoms in total. The molecule has 0 bridgehead atoms. The summed E-state index contributed by atoms with van der Waals surface area (Å²) >= 11 is 1.59. The number of thioether (sulfide) groups is 1. The van der Waals surface area contributed by atoms with Crippen molar-refractivity contribution in [3.05, 3.63) is 58.7 Å². The van der Waals surface area contributed by atoms with Gasteiger partial charge < -0.3 is 5.32 Å². The molecule has 1 aliphatic heterocycles. The lowest BCUT2D eigenvalue weighted by molar-refractivity contribution is 0.550. The second-order valence-corrected chi connectivity index (χ2v) is 7.29. The van der Waals surface area contributed by atoms with Gasteiger partial charge in [0.1, 0.15) is 10.9 Å². The van der Waals surface area contributed by atoms with Gasteiger partial charge in [-0.15, -0.1) is 11.8 Å². The molecule has 4 heterocycles. The van der Waals surface area contributed by atoms with E-state index in [-0.39, 0.29) is 11.7 Å². The van der Waals surface area contributed by atoms with Crippen LogP contribution in [-0.4, -0.2) is 41.6 Å². The van der Waals surface area contributed by atoms with Crippen molar-refractivity contribution in [2.45, 2.75) is 43.4 Å². The monoisotopic (exact) mass is 383 g/mol. The molecule has 4 rings (SSSR count). The van der Waals surface area contributed by atoms with Gasteiger partial charge in [0.15, 0.2) is 0 Å². The first kappa shape index (κ1) is 17.7. The van der Waals surface area contributed by atoms with E-state index in [0.717, 1.165) is 35.7 Å². The molecule has 1 unspecified atom stereocenters. The quantitative estimate of drug-likeness (QED) is 0.531. The van der Waals surface area contributed by atoms with Gasteiger partial charge in [-0.3, -0.25) is 9.55 Å². The van der Waals surface area contributed by atoms with Crippen LogP contribution >= 0.6 is 11.8 Å². The lowest BCUT2D eigenvalue weighted by Crippen LogP contribution is -2.27. The van der Waals surface area contributed by atoms with E-state index in [9.17, 15) is 4.79 Å². The Bertz CT molecular complexity index is 969. The van der Waals surface area contributed by atoms with E-state index in [1.807, 2.05) is 24.5 Å². The maximum atomic E-state index is 12.7. The van der Waals surface area contributed by atoms with E-state index in [1.165, 1.54) is 4.68 Å². The molecule has 1 atom stereocenters. The van der Waals surface area contributed by atoms with Crippen LogP contribution in [0.2, 0.25) is 0 Å². The molecule has 0 aromatic carbocycles. The second-order valence-electron chi connectivity index (χ2n) is 6.46. The third-order valence-electron chi connectivity index (χ3n) is 4.64. The topological polar surface area (TPSA) is 90.5 Å². The van der Waals surface area contributed by atoms with Crippen molar-refractivity contribution < 1.29 is 0 Å². The Morgan fingerprint density at radius 3 is 3.04 bits per heavy atom. The minimum Gasteiger partial charge on any atom is -0.351 e. The van der Waals surface area contributed by atoms with E-state index >= 15 is 0 Å². The van der Waals surface area contributed by atoms with Crippen LogP contribution in [0.4, 0.5) is 5.95 Å². The molecule has 3 aromatic rings. The summed E-state index contributed by atoms with van der Waals surface area (Å²) in [5.74, 6) is 1.48. The third-order valence-corrected chi connectivity index (χ3v) is 5.29. The molecule has 27 heavy (non-hydrogen) atoms. The fourth-order valence-corrected chi connectivity index (χ4v) is 3.62. The summed E-state index contributed by atoms with van der Waals surface area (Å²) in [6.07, 6.45) is 9.71. The van der Waals surface area contributed by atoms with Crippen molar-refractivity contribution in [3.8, 4) is 0 Å². The molecule has 0 aliphatic carbocycles. The molecule has 9 heteroatoms. The fourth-order valence-electron chi connectivity index (χ4n) is 3.25. The lowest BCUT2D eigenvalue weighted by Gasteiger charge is -2.16. The van der Waals surface area contributed by atoms with Crippen molar-refractivity contribution in [1.29, 1.82) is 0 Å². The number of rotatable bonds is 5. The summed E-state index contributed by atoms with van der Waals surface area (Å²) < 4.78 is 3.32. The predicted octanol–water partition coefficient (Wildman–Crippen LogP) is 1.82. The van der Waals surface area contributed by atoms with Crippen molar-refractivity contribution >= 4 is 17.7 Å². The highest BCUT2D eigenvalue weighted by Gasteiger charge is 2.21. The lowest BCUT2D eigenvalue weighted by atomic mass is 10.1. The van der Waals surface area contributed by atoms with E-state index in [0.29, 0.717) is 19.0 Å². The Labute approximate surface area is 161 Å². The number of aryl methyl sites for hydroxylation is 1. The van der Waals surface area contributed by atoms with Crippen molar-refractivity contribution in [3.63, 3.8) is 0 Å². The number of hydrogen-bond donors (Lipinski definition) is 1. The molecule has 1 N–H and O–H groups in total. The molecule has 0 fully saturated rings. The molecule has 0 spiro atoms. The Morgan fingerprint density at radius 2 is 2.22 bits per heavy atom. The number of pyridine rings is 1. The normalized spacial score (nSPS) is 16.6. The van der Waals surface area contributed by atoms with Crippen molar-refractivity contribution in [2.75, 3.05) is 11.6 Å². The van der Waals surface area contributed by atoms with Crippen LogP contribution in [0.1, 0.15) is 24.2 Å². The van der Waals surface area contributed by atoms with Gasteiger partial charge in [0.25, 0.3) is 0 Å². The van der Waals surface area contributed by atoms with E-state index in [2.05, 4.69) is 25.4 Å². The maximum absolute atomic E-state index is 12.7. The molecular formula is C18H21N7OS. The highest BCUT2D eigenvalue weighted by molar-refractivity contribution is 7.98. The SMILES string of the molecule is CSc1ccnc(NC2CCc3nn(Cc4cccnc4)c(=O)n3CC2)n1. The Hall–Kier alpha value is -2.68. The zero-order chi connectivity index (χ0) is 18.6. The molecule has 140 valence electrons.